The minimum absolute atomic E-state index is 0.104. The first-order valence-corrected chi connectivity index (χ1v) is 10.6. The van der Waals surface area contributed by atoms with Crippen LogP contribution in [0.4, 0.5) is 0 Å². The molecule has 0 aromatic rings. The molecule has 4 heteroatoms. The van der Waals surface area contributed by atoms with Crippen LogP contribution in [-0.2, 0) is 4.79 Å². The molecule has 0 aliphatic heterocycles. The molecule has 0 aromatic carbocycles. The molecule has 1 aliphatic rings. The molecule has 2 unspecified atom stereocenters. The summed E-state index contributed by atoms with van der Waals surface area (Å²) in [5.74, 6) is 2.88. The van der Waals surface area contributed by atoms with Crippen LogP contribution < -0.4 is 0 Å². The van der Waals surface area contributed by atoms with E-state index in [1.165, 1.54) is 12.2 Å². The Kier molecular flexibility index (Phi) is 8.90. The molecule has 5 atom stereocenters. The maximum absolute atomic E-state index is 12.2. The Morgan fingerprint density at radius 3 is 2.38 bits per heavy atom. The van der Waals surface area contributed by atoms with Crippen molar-refractivity contribution in [2.45, 2.75) is 91.5 Å². The minimum atomic E-state index is -1.94. The van der Waals surface area contributed by atoms with Crippen molar-refractivity contribution in [3.63, 3.8) is 0 Å². The summed E-state index contributed by atoms with van der Waals surface area (Å²) < 4.78 is 0. The smallest absolute Gasteiger partial charge is 0.189 e. The van der Waals surface area contributed by atoms with Crippen molar-refractivity contribution in [3.05, 3.63) is 24.3 Å². The number of terminal acetylenes is 1. The number of ketones is 1. The van der Waals surface area contributed by atoms with Gasteiger partial charge >= 0.3 is 0 Å². The Hall–Kier alpha value is -1.41. The van der Waals surface area contributed by atoms with Gasteiger partial charge in [0, 0.05) is 5.92 Å². The number of rotatable bonds is 10. The zero-order valence-corrected chi connectivity index (χ0v) is 19.0. The molecule has 4 nitrogen and oxygen atoms in total. The van der Waals surface area contributed by atoms with E-state index < -0.39 is 23.6 Å². The molecule has 164 valence electrons. The highest BCUT2D eigenvalue weighted by molar-refractivity contribution is 5.98. The highest BCUT2D eigenvalue weighted by Crippen LogP contribution is 2.39. The summed E-state index contributed by atoms with van der Waals surface area (Å²) in [7, 11) is 0. The van der Waals surface area contributed by atoms with Gasteiger partial charge in [-0.1, -0.05) is 53.7 Å². The second kappa shape index (κ2) is 10.1. The standard InChI is InChI=1S/C25H40O4/c1-8-18(2)15-23(4,5)14-10-9-11-19(3)16-24(6,7)17-25(29)21(27)13-12-20(26)22(25)28/h1,9-10,12-13,18-20,22,26,28-29H,11,14-17H2,2-7H3/b10-9-/t18?,19?,20-,22+,25-/m0/s1. The van der Waals surface area contributed by atoms with Gasteiger partial charge in [-0.2, -0.15) is 0 Å². The number of carbonyl (C=O) groups is 1. The van der Waals surface area contributed by atoms with Gasteiger partial charge in [-0.15, -0.1) is 12.3 Å². The quantitative estimate of drug-likeness (QED) is 0.379. The van der Waals surface area contributed by atoms with Crippen LogP contribution in [0.1, 0.15) is 73.6 Å². The first-order valence-electron chi connectivity index (χ1n) is 10.6. The normalized spacial score (nSPS) is 27.8. The molecule has 3 N–H and O–H groups in total. The van der Waals surface area contributed by atoms with Crippen molar-refractivity contribution in [2.75, 3.05) is 0 Å². The van der Waals surface area contributed by atoms with Crippen LogP contribution in [-0.4, -0.2) is 38.9 Å². The number of hydrogen-bond donors (Lipinski definition) is 3. The van der Waals surface area contributed by atoms with E-state index >= 15 is 0 Å². The van der Waals surface area contributed by atoms with E-state index in [1.54, 1.807) is 0 Å². The molecule has 0 heterocycles. The summed E-state index contributed by atoms with van der Waals surface area (Å²) in [4.78, 5) is 12.2. The molecule has 0 aromatic heterocycles. The summed E-state index contributed by atoms with van der Waals surface area (Å²) in [6, 6.07) is 0. The summed E-state index contributed by atoms with van der Waals surface area (Å²) in [5, 5.41) is 30.8. The van der Waals surface area contributed by atoms with E-state index in [0.29, 0.717) is 5.92 Å². The molecule has 0 spiro atoms. The van der Waals surface area contributed by atoms with Gasteiger partial charge in [0.1, 0.15) is 12.2 Å². The van der Waals surface area contributed by atoms with E-state index in [0.717, 1.165) is 25.7 Å². The lowest BCUT2D eigenvalue weighted by molar-refractivity contribution is -0.164. The SMILES string of the molecule is C#CC(C)CC(C)(C)C/C=C\CC(C)CC(C)(C)C[C@]1(O)C(=O)C=C[C@H](O)[C@H]1O. The Bertz CT molecular complexity index is 652. The highest BCUT2D eigenvalue weighted by atomic mass is 16.4. The molecule has 0 amide bonds. The van der Waals surface area contributed by atoms with Gasteiger partial charge in [-0.05, 0) is 61.0 Å². The van der Waals surface area contributed by atoms with E-state index in [9.17, 15) is 20.1 Å². The monoisotopic (exact) mass is 404 g/mol. The first kappa shape index (κ1) is 25.6. The molecule has 0 fully saturated rings. The minimum Gasteiger partial charge on any atom is -0.387 e. The van der Waals surface area contributed by atoms with Gasteiger partial charge in [-0.3, -0.25) is 4.79 Å². The number of hydrogen-bond acceptors (Lipinski definition) is 4. The van der Waals surface area contributed by atoms with Gasteiger partial charge in [0.25, 0.3) is 0 Å². The third-order valence-corrected chi connectivity index (χ3v) is 5.85. The van der Waals surface area contributed by atoms with Gasteiger partial charge in [0.05, 0.1) is 0 Å². The molecule has 1 rings (SSSR count). The van der Waals surface area contributed by atoms with Crippen molar-refractivity contribution in [1.82, 2.24) is 0 Å². The molecule has 0 saturated carbocycles. The van der Waals surface area contributed by atoms with Crippen molar-refractivity contribution in [3.8, 4) is 12.3 Å². The second-order valence-corrected chi connectivity index (χ2v) is 10.6. The first-order chi connectivity index (χ1) is 13.2. The van der Waals surface area contributed by atoms with Crippen LogP contribution >= 0.6 is 0 Å². The molecule has 0 radical (unpaired) electrons. The van der Waals surface area contributed by atoms with Crippen LogP contribution in [0.25, 0.3) is 0 Å². The van der Waals surface area contributed by atoms with Crippen molar-refractivity contribution in [1.29, 1.82) is 0 Å². The summed E-state index contributed by atoms with van der Waals surface area (Å²) in [5.41, 5.74) is -2.14. The number of allylic oxidation sites excluding steroid dienone is 2. The van der Waals surface area contributed by atoms with Crippen molar-refractivity contribution < 1.29 is 20.1 Å². The van der Waals surface area contributed by atoms with Crippen molar-refractivity contribution in [2.24, 2.45) is 22.7 Å². The predicted octanol–water partition coefficient (Wildman–Crippen LogP) is 4.04. The third kappa shape index (κ3) is 7.74. The topological polar surface area (TPSA) is 77.8 Å². The maximum Gasteiger partial charge on any atom is 0.189 e. The lowest BCUT2D eigenvalue weighted by Crippen LogP contribution is -2.57. The fourth-order valence-electron chi connectivity index (χ4n) is 4.59. The van der Waals surface area contributed by atoms with E-state index in [-0.39, 0.29) is 23.2 Å². The van der Waals surface area contributed by atoms with Crippen LogP contribution in [0.5, 0.6) is 0 Å². The Balaban J connectivity index is 2.60. The Morgan fingerprint density at radius 2 is 1.79 bits per heavy atom. The van der Waals surface area contributed by atoms with Gasteiger partial charge in [-0.25, -0.2) is 0 Å². The number of carbonyl (C=O) groups excluding carboxylic acids is 1. The summed E-state index contributed by atoms with van der Waals surface area (Å²) in [6.45, 7) is 12.7. The maximum atomic E-state index is 12.2. The lowest BCUT2D eigenvalue weighted by Gasteiger charge is -2.41. The van der Waals surface area contributed by atoms with Crippen molar-refractivity contribution >= 4 is 5.78 Å². The summed E-state index contributed by atoms with van der Waals surface area (Å²) in [6.07, 6.45) is 13.3. The Labute approximate surface area is 177 Å². The zero-order chi connectivity index (χ0) is 22.5. The van der Waals surface area contributed by atoms with Gasteiger partial charge < -0.3 is 15.3 Å². The second-order valence-electron chi connectivity index (χ2n) is 10.6. The average molecular weight is 405 g/mol. The molecular formula is C25H40O4. The van der Waals surface area contributed by atoms with E-state index in [2.05, 4.69) is 45.8 Å². The lowest BCUT2D eigenvalue weighted by atomic mass is 9.69. The zero-order valence-electron chi connectivity index (χ0n) is 19.0. The molecule has 29 heavy (non-hydrogen) atoms. The highest BCUT2D eigenvalue weighted by Gasteiger charge is 2.50. The number of aliphatic hydroxyl groups is 3. The van der Waals surface area contributed by atoms with Gasteiger partial charge in [0.2, 0.25) is 0 Å². The van der Waals surface area contributed by atoms with Gasteiger partial charge in [0.15, 0.2) is 11.4 Å². The summed E-state index contributed by atoms with van der Waals surface area (Å²) >= 11 is 0. The van der Waals surface area contributed by atoms with Crippen LogP contribution in [0.3, 0.4) is 0 Å². The Morgan fingerprint density at radius 1 is 1.17 bits per heavy atom. The molecule has 1 aliphatic carbocycles. The fraction of sp³-hybridized carbons (Fsp3) is 0.720. The van der Waals surface area contributed by atoms with Crippen LogP contribution in [0, 0.1) is 35.0 Å². The van der Waals surface area contributed by atoms with Crippen LogP contribution in [0.15, 0.2) is 24.3 Å². The molecule has 0 bridgehead atoms. The van der Waals surface area contributed by atoms with E-state index in [1.807, 2.05) is 13.8 Å². The molecular weight excluding hydrogens is 364 g/mol. The molecule has 0 saturated heterocycles. The third-order valence-electron chi connectivity index (χ3n) is 5.85. The largest absolute Gasteiger partial charge is 0.387 e. The average Bonchev–Trinajstić information content (AvgIpc) is 2.59. The predicted molar refractivity (Wildman–Crippen MR) is 118 cm³/mol. The van der Waals surface area contributed by atoms with E-state index in [4.69, 9.17) is 6.42 Å². The fourth-order valence-corrected chi connectivity index (χ4v) is 4.59. The van der Waals surface area contributed by atoms with Crippen LogP contribution in [0.2, 0.25) is 0 Å². The number of aliphatic hydroxyl groups excluding tert-OH is 2.